The third kappa shape index (κ3) is 4.35. The molecular formula is C17H14F4N2O3. The number of halogens is 4. The van der Waals surface area contributed by atoms with Crippen molar-refractivity contribution in [2.75, 3.05) is 0 Å². The lowest BCUT2D eigenvalue weighted by atomic mass is 10.1. The third-order valence-electron chi connectivity index (χ3n) is 3.75. The number of carbonyl (C=O) groups is 2. The van der Waals surface area contributed by atoms with Gasteiger partial charge in [-0.3, -0.25) is 9.78 Å². The molecule has 9 heteroatoms. The van der Waals surface area contributed by atoms with Crippen molar-refractivity contribution in [1.29, 1.82) is 0 Å². The molecule has 2 aromatic rings. The van der Waals surface area contributed by atoms with Crippen LogP contribution in [-0.2, 0) is 22.3 Å². The van der Waals surface area contributed by atoms with Crippen molar-refractivity contribution >= 4 is 11.9 Å². The molecule has 5 nitrogen and oxygen atoms in total. The second kappa shape index (κ2) is 7.51. The van der Waals surface area contributed by atoms with Crippen molar-refractivity contribution < 1.29 is 32.3 Å². The van der Waals surface area contributed by atoms with Gasteiger partial charge in [-0.25, -0.2) is 9.18 Å². The van der Waals surface area contributed by atoms with Gasteiger partial charge in [0.1, 0.15) is 5.82 Å². The number of nitrogens with zero attached hydrogens (tertiary/aromatic N) is 2. The largest absolute Gasteiger partial charge is 0.474 e. The molecule has 0 radical (unpaired) electrons. The maximum Gasteiger partial charge on any atom is 0.417 e. The van der Waals surface area contributed by atoms with E-state index in [1.807, 2.05) is 0 Å². The summed E-state index contributed by atoms with van der Waals surface area (Å²) < 4.78 is 51.7. The number of carbonyl (C=O) groups excluding carboxylic acids is 1. The van der Waals surface area contributed by atoms with Gasteiger partial charge in [0.15, 0.2) is 0 Å². The topological polar surface area (TPSA) is 70.5 Å². The minimum absolute atomic E-state index is 0.0378. The first-order valence-electron chi connectivity index (χ1n) is 7.41. The summed E-state index contributed by atoms with van der Waals surface area (Å²) in [6.07, 6.45) is -3.98. The van der Waals surface area contributed by atoms with Crippen LogP contribution < -0.4 is 0 Å². The second-order valence-electron chi connectivity index (χ2n) is 5.47. The molecule has 0 bridgehead atoms. The first kappa shape index (κ1) is 19.4. The average molecular weight is 370 g/mol. The number of aliphatic carboxylic acids is 1. The molecule has 1 heterocycles. The smallest absolute Gasteiger partial charge is 0.417 e. The van der Waals surface area contributed by atoms with Crippen LogP contribution >= 0.6 is 0 Å². The maximum absolute atomic E-state index is 14.0. The highest BCUT2D eigenvalue weighted by molar-refractivity contribution is 6.31. The van der Waals surface area contributed by atoms with Crippen molar-refractivity contribution in [2.45, 2.75) is 25.7 Å². The number of benzene rings is 1. The van der Waals surface area contributed by atoms with Crippen molar-refractivity contribution in [3.63, 3.8) is 0 Å². The average Bonchev–Trinajstić information content (AvgIpc) is 2.58. The summed E-state index contributed by atoms with van der Waals surface area (Å²) in [4.78, 5) is 27.5. The van der Waals surface area contributed by atoms with Crippen molar-refractivity contribution in [3.05, 3.63) is 65.2 Å². The predicted molar refractivity (Wildman–Crippen MR) is 82.2 cm³/mol. The zero-order valence-electron chi connectivity index (χ0n) is 13.5. The van der Waals surface area contributed by atoms with Gasteiger partial charge >= 0.3 is 18.1 Å². The number of pyridine rings is 1. The van der Waals surface area contributed by atoms with Crippen LogP contribution in [0.4, 0.5) is 17.6 Å². The van der Waals surface area contributed by atoms with E-state index >= 15 is 0 Å². The van der Waals surface area contributed by atoms with E-state index in [0.29, 0.717) is 6.20 Å². The molecule has 1 atom stereocenters. The molecule has 1 unspecified atom stereocenters. The third-order valence-corrected chi connectivity index (χ3v) is 3.75. The summed E-state index contributed by atoms with van der Waals surface area (Å²) in [5.74, 6) is -3.72. The monoisotopic (exact) mass is 370 g/mol. The SMILES string of the molecule is CC(c1ccccc1F)N(Cc1ccc(C(F)(F)F)cn1)C(=O)C(=O)O. The Balaban J connectivity index is 2.33. The summed E-state index contributed by atoms with van der Waals surface area (Å²) in [5, 5.41) is 8.99. The van der Waals surface area contributed by atoms with Crippen LogP contribution in [0.25, 0.3) is 0 Å². The fraction of sp³-hybridized carbons (Fsp3) is 0.235. The van der Waals surface area contributed by atoms with Gasteiger partial charge in [0.25, 0.3) is 0 Å². The van der Waals surface area contributed by atoms with E-state index in [0.717, 1.165) is 23.1 Å². The lowest BCUT2D eigenvalue weighted by molar-refractivity contribution is -0.157. The number of rotatable bonds is 4. The van der Waals surface area contributed by atoms with Gasteiger partial charge in [0, 0.05) is 11.8 Å². The van der Waals surface area contributed by atoms with Crippen LogP contribution in [0.5, 0.6) is 0 Å². The fourth-order valence-electron chi connectivity index (χ4n) is 2.35. The molecule has 1 aromatic heterocycles. The highest BCUT2D eigenvalue weighted by atomic mass is 19.4. The van der Waals surface area contributed by atoms with Crippen LogP contribution in [0.15, 0.2) is 42.6 Å². The first-order valence-corrected chi connectivity index (χ1v) is 7.41. The van der Waals surface area contributed by atoms with Crippen LogP contribution in [-0.4, -0.2) is 26.9 Å². The van der Waals surface area contributed by atoms with E-state index in [2.05, 4.69) is 4.98 Å². The lowest BCUT2D eigenvalue weighted by Gasteiger charge is -2.28. The van der Waals surface area contributed by atoms with E-state index in [9.17, 15) is 27.2 Å². The van der Waals surface area contributed by atoms with Gasteiger partial charge in [-0.1, -0.05) is 18.2 Å². The Labute approximate surface area is 145 Å². The number of carboxylic acids is 1. The number of hydrogen-bond donors (Lipinski definition) is 1. The van der Waals surface area contributed by atoms with Crippen molar-refractivity contribution in [1.82, 2.24) is 9.88 Å². The molecule has 0 saturated carbocycles. The normalized spacial score (nSPS) is 12.5. The van der Waals surface area contributed by atoms with Crippen molar-refractivity contribution in [3.8, 4) is 0 Å². The molecule has 0 aliphatic carbocycles. The standard InChI is InChI=1S/C17H14F4N2O3/c1-10(13-4-2-3-5-14(13)18)23(15(24)16(25)26)9-12-7-6-11(8-22-12)17(19,20)21/h2-8,10H,9H2,1H3,(H,25,26). The molecule has 1 amide bonds. The summed E-state index contributed by atoms with van der Waals surface area (Å²) >= 11 is 0. The van der Waals surface area contributed by atoms with Gasteiger partial charge < -0.3 is 10.0 Å². The van der Waals surface area contributed by atoms with Crippen LogP contribution in [0, 0.1) is 5.82 Å². The number of aromatic nitrogens is 1. The fourth-order valence-corrected chi connectivity index (χ4v) is 2.35. The number of carboxylic acid groups (broad SMARTS) is 1. The summed E-state index contributed by atoms with van der Waals surface area (Å²) in [5.41, 5.74) is -0.857. The van der Waals surface area contributed by atoms with Gasteiger partial charge in [-0.05, 0) is 25.1 Å². The molecule has 0 aliphatic rings. The highest BCUT2D eigenvalue weighted by Gasteiger charge is 2.32. The van der Waals surface area contributed by atoms with Gasteiger partial charge in [-0.15, -0.1) is 0 Å². The van der Waals surface area contributed by atoms with Gasteiger partial charge in [-0.2, -0.15) is 13.2 Å². The Hall–Kier alpha value is -2.97. The zero-order valence-corrected chi connectivity index (χ0v) is 13.5. The first-order chi connectivity index (χ1) is 12.1. The molecule has 0 saturated heterocycles. The van der Waals surface area contributed by atoms with E-state index in [-0.39, 0.29) is 11.3 Å². The molecule has 0 spiro atoms. The van der Waals surface area contributed by atoms with Crippen LogP contribution in [0.1, 0.15) is 29.8 Å². The molecule has 0 fully saturated rings. The van der Waals surface area contributed by atoms with Gasteiger partial charge in [0.05, 0.1) is 23.8 Å². The molecule has 0 aliphatic heterocycles. The Kier molecular flexibility index (Phi) is 5.59. The van der Waals surface area contributed by atoms with E-state index in [1.54, 1.807) is 0 Å². The molecule has 26 heavy (non-hydrogen) atoms. The van der Waals surface area contributed by atoms with Crippen LogP contribution in [0.3, 0.4) is 0 Å². The minimum atomic E-state index is -4.57. The lowest BCUT2D eigenvalue weighted by Crippen LogP contribution is -2.38. The molecule has 1 aromatic carbocycles. The zero-order chi connectivity index (χ0) is 19.5. The molecule has 2 rings (SSSR count). The quantitative estimate of drug-likeness (QED) is 0.661. The number of amides is 1. The van der Waals surface area contributed by atoms with Crippen molar-refractivity contribution in [2.24, 2.45) is 0 Å². The van der Waals surface area contributed by atoms with E-state index in [1.165, 1.54) is 25.1 Å². The number of hydrogen-bond acceptors (Lipinski definition) is 3. The molecular weight excluding hydrogens is 356 g/mol. The highest BCUT2D eigenvalue weighted by Crippen LogP contribution is 2.29. The van der Waals surface area contributed by atoms with Gasteiger partial charge in [0.2, 0.25) is 0 Å². The van der Waals surface area contributed by atoms with E-state index in [4.69, 9.17) is 5.11 Å². The summed E-state index contributed by atoms with van der Waals surface area (Å²) in [6.45, 7) is 1.03. The maximum atomic E-state index is 14.0. The number of alkyl halides is 3. The Morgan fingerprint density at radius 1 is 1.19 bits per heavy atom. The molecule has 1 N–H and O–H groups in total. The summed E-state index contributed by atoms with van der Waals surface area (Å²) in [7, 11) is 0. The summed E-state index contributed by atoms with van der Waals surface area (Å²) in [6, 6.07) is 6.36. The van der Waals surface area contributed by atoms with E-state index < -0.39 is 42.0 Å². The van der Waals surface area contributed by atoms with Crippen LogP contribution in [0.2, 0.25) is 0 Å². The predicted octanol–water partition coefficient (Wildman–Crippen LogP) is 3.41. The Morgan fingerprint density at radius 2 is 1.85 bits per heavy atom. The second-order valence-corrected chi connectivity index (χ2v) is 5.47. The Bertz CT molecular complexity index is 806. The Morgan fingerprint density at radius 3 is 2.35 bits per heavy atom. The minimum Gasteiger partial charge on any atom is -0.474 e. The molecule has 138 valence electrons.